The van der Waals surface area contributed by atoms with Crippen molar-refractivity contribution in [1.82, 2.24) is 4.90 Å². The normalized spacial score (nSPS) is 29.2. The van der Waals surface area contributed by atoms with Crippen LogP contribution in [-0.2, 0) is 6.42 Å². The Labute approximate surface area is 151 Å². The van der Waals surface area contributed by atoms with Crippen molar-refractivity contribution < 1.29 is 9.50 Å². The summed E-state index contributed by atoms with van der Waals surface area (Å²) in [6, 6.07) is 4.87. The predicted octanol–water partition coefficient (Wildman–Crippen LogP) is 4.67. The molecule has 2 heterocycles. The molecular weight excluding hydrogens is 312 g/mol. The number of piperidine rings is 1. The van der Waals surface area contributed by atoms with E-state index in [9.17, 15) is 9.50 Å². The summed E-state index contributed by atoms with van der Waals surface area (Å²) < 4.78 is 13.1. The number of aliphatic hydroxyl groups is 1. The van der Waals surface area contributed by atoms with Crippen molar-refractivity contribution in [3.63, 3.8) is 0 Å². The van der Waals surface area contributed by atoms with Gasteiger partial charge in [0, 0.05) is 25.0 Å². The van der Waals surface area contributed by atoms with Gasteiger partial charge in [0.15, 0.2) is 0 Å². The number of fused-ring (bicyclic) bond motifs is 3. The second-order valence-electron chi connectivity index (χ2n) is 8.25. The van der Waals surface area contributed by atoms with Crippen LogP contribution >= 0.6 is 0 Å². The van der Waals surface area contributed by atoms with Crippen LogP contribution in [-0.4, -0.2) is 35.4 Å². The molecule has 0 aromatic heterocycles. The number of hydrogen-bond donors (Lipinski definition) is 1. The Kier molecular flexibility index (Phi) is 5.36. The van der Waals surface area contributed by atoms with E-state index in [-0.39, 0.29) is 12.0 Å². The fourth-order valence-electron chi connectivity index (χ4n) is 4.86. The van der Waals surface area contributed by atoms with E-state index in [1.165, 1.54) is 22.3 Å². The SMILES string of the molecule is C=C(C[18F])C[C@@]1(O)C[C@@H]2c3cc(C)c(C)cc3CCN2C[C@H]1CCC. The molecule has 3 rings (SSSR count). The van der Waals surface area contributed by atoms with Crippen molar-refractivity contribution in [2.75, 3.05) is 19.8 Å². The Bertz CT molecular complexity index is 656. The standard InChI is InChI=1S/C22H32FNO/c1-5-6-19-14-24-8-7-18-9-16(3)17(4)10-20(18)21(24)12-22(19,25)11-15(2)13-23/h9-10,19,21,25H,2,5-8,11-14H2,1,3-4H3/t19-,21-,22-/m1/s1/i23-1. The van der Waals surface area contributed by atoms with Crippen LogP contribution in [0, 0.1) is 19.8 Å². The number of benzene rings is 1. The molecule has 138 valence electrons. The van der Waals surface area contributed by atoms with Crippen LogP contribution in [0.2, 0.25) is 0 Å². The molecule has 1 saturated heterocycles. The fourth-order valence-corrected chi connectivity index (χ4v) is 4.86. The van der Waals surface area contributed by atoms with Crippen molar-refractivity contribution >= 4 is 0 Å². The molecular formula is C22H32FNO. The Morgan fingerprint density at radius 2 is 2.08 bits per heavy atom. The summed E-state index contributed by atoms with van der Waals surface area (Å²) in [7, 11) is 0. The van der Waals surface area contributed by atoms with Crippen molar-refractivity contribution in [2.45, 2.75) is 64.5 Å². The lowest BCUT2D eigenvalue weighted by Gasteiger charge is -2.51. The maximum absolute atomic E-state index is 13.1. The summed E-state index contributed by atoms with van der Waals surface area (Å²) in [5, 5.41) is 11.5. The van der Waals surface area contributed by atoms with Gasteiger partial charge in [-0.3, -0.25) is 4.90 Å². The minimum atomic E-state index is -0.840. The number of aryl methyl sites for hydroxylation is 2. The number of halogens is 1. The van der Waals surface area contributed by atoms with Gasteiger partial charge >= 0.3 is 0 Å². The van der Waals surface area contributed by atoms with Crippen molar-refractivity contribution in [1.29, 1.82) is 0 Å². The molecule has 0 spiro atoms. The molecule has 1 aromatic carbocycles. The number of alkyl halides is 1. The van der Waals surface area contributed by atoms with Gasteiger partial charge in [0.05, 0.1) is 5.60 Å². The van der Waals surface area contributed by atoms with Crippen LogP contribution in [0.4, 0.5) is 4.39 Å². The molecule has 25 heavy (non-hydrogen) atoms. The Morgan fingerprint density at radius 1 is 1.36 bits per heavy atom. The second-order valence-corrected chi connectivity index (χ2v) is 8.25. The minimum absolute atomic E-state index is 0.199. The highest BCUT2D eigenvalue weighted by Gasteiger charge is 2.47. The lowest BCUT2D eigenvalue weighted by atomic mass is 9.69. The topological polar surface area (TPSA) is 23.5 Å². The van der Waals surface area contributed by atoms with Gasteiger partial charge in [-0.05, 0) is 67.4 Å². The highest BCUT2D eigenvalue weighted by Crippen LogP contribution is 2.47. The average molecular weight is 345 g/mol. The molecule has 2 nitrogen and oxygen atoms in total. The van der Waals surface area contributed by atoms with Crippen LogP contribution in [0.1, 0.15) is 60.9 Å². The third-order valence-electron chi connectivity index (χ3n) is 6.37. The predicted molar refractivity (Wildman–Crippen MR) is 102 cm³/mol. The van der Waals surface area contributed by atoms with Gasteiger partial charge in [-0.1, -0.05) is 32.1 Å². The molecule has 1 aromatic rings. The Balaban J connectivity index is 1.94. The molecule has 0 radical (unpaired) electrons. The highest BCUT2D eigenvalue weighted by atomic mass is 18.2. The van der Waals surface area contributed by atoms with Gasteiger partial charge in [-0.25, -0.2) is 4.39 Å². The monoisotopic (exact) mass is 344 g/mol. The molecule has 2 aliphatic heterocycles. The van der Waals surface area contributed by atoms with Crippen molar-refractivity contribution in [3.8, 4) is 0 Å². The van der Waals surface area contributed by atoms with Crippen LogP contribution in [0.3, 0.4) is 0 Å². The van der Waals surface area contributed by atoms with Crippen LogP contribution in [0.5, 0.6) is 0 Å². The molecule has 3 heteroatoms. The average Bonchev–Trinajstić information content (AvgIpc) is 2.57. The largest absolute Gasteiger partial charge is 0.389 e. The highest BCUT2D eigenvalue weighted by molar-refractivity contribution is 5.41. The summed E-state index contributed by atoms with van der Waals surface area (Å²) in [5.74, 6) is 0.199. The maximum atomic E-state index is 13.1. The van der Waals surface area contributed by atoms with Crippen LogP contribution in [0.25, 0.3) is 0 Å². The first-order chi connectivity index (χ1) is 11.9. The van der Waals surface area contributed by atoms with E-state index in [2.05, 4.69) is 44.4 Å². The van der Waals surface area contributed by atoms with E-state index in [0.29, 0.717) is 18.4 Å². The number of rotatable bonds is 5. The fraction of sp³-hybridized carbons (Fsp3) is 0.636. The van der Waals surface area contributed by atoms with Gasteiger partial charge in [-0.2, -0.15) is 0 Å². The van der Waals surface area contributed by atoms with Gasteiger partial charge < -0.3 is 5.11 Å². The molecule has 3 atom stereocenters. The van der Waals surface area contributed by atoms with Crippen molar-refractivity contribution in [2.24, 2.45) is 5.92 Å². The van der Waals surface area contributed by atoms with E-state index in [4.69, 9.17) is 0 Å². The van der Waals surface area contributed by atoms with E-state index >= 15 is 0 Å². The smallest absolute Gasteiger partial charge is 0.110 e. The van der Waals surface area contributed by atoms with E-state index in [1.807, 2.05) is 0 Å². The maximum Gasteiger partial charge on any atom is 0.110 e. The van der Waals surface area contributed by atoms with Crippen LogP contribution in [0.15, 0.2) is 24.3 Å². The second kappa shape index (κ2) is 7.20. The first-order valence-electron chi connectivity index (χ1n) is 9.67. The van der Waals surface area contributed by atoms with Gasteiger partial charge in [0.1, 0.15) is 6.67 Å². The number of nitrogens with zero attached hydrogens (tertiary/aromatic N) is 1. The molecule has 0 aliphatic carbocycles. The molecule has 2 aliphatic rings. The van der Waals surface area contributed by atoms with Gasteiger partial charge in [-0.15, -0.1) is 0 Å². The molecule has 0 unspecified atom stereocenters. The van der Waals surface area contributed by atoms with Gasteiger partial charge in [0.2, 0.25) is 0 Å². The third-order valence-corrected chi connectivity index (χ3v) is 6.37. The summed E-state index contributed by atoms with van der Waals surface area (Å²) in [5.41, 5.74) is 5.13. The molecule has 0 bridgehead atoms. The van der Waals surface area contributed by atoms with E-state index in [1.54, 1.807) is 0 Å². The summed E-state index contributed by atoms with van der Waals surface area (Å²) in [6.07, 6.45) is 4.19. The zero-order chi connectivity index (χ0) is 18.2. The molecule has 1 N–H and O–H groups in total. The van der Waals surface area contributed by atoms with E-state index < -0.39 is 12.3 Å². The molecule has 0 saturated carbocycles. The van der Waals surface area contributed by atoms with Crippen molar-refractivity contribution in [3.05, 3.63) is 46.5 Å². The molecule has 1 fully saturated rings. The first-order valence-corrected chi connectivity index (χ1v) is 9.67. The summed E-state index contributed by atoms with van der Waals surface area (Å²) >= 11 is 0. The molecule has 0 amide bonds. The van der Waals surface area contributed by atoms with E-state index in [0.717, 1.165) is 32.4 Å². The summed E-state index contributed by atoms with van der Waals surface area (Å²) in [4.78, 5) is 2.55. The Morgan fingerprint density at radius 3 is 2.76 bits per heavy atom. The zero-order valence-electron chi connectivity index (χ0n) is 15.9. The third kappa shape index (κ3) is 3.54. The van der Waals surface area contributed by atoms with Crippen LogP contribution < -0.4 is 0 Å². The van der Waals surface area contributed by atoms with Gasteiger partial charge in [0.25, 0.3) is 0 Å². The Hall–Kier alpha value is -1.19. The lowest BCUT2D eigenvalue weighted by molar-refractivity contribution is -0.100. The zero-order valence-corrected chi connectivity index (χ0v) is 15.9. The lowest BCUT2D eigenvalue weighted by Crippen LogP contribution is -2.55. The first kappa shape index (κ1) is 18.6. The quantitative estimate of drug-likeness (QED) is 0.785. The number of hydrogen-bond acceptors (Lipinski definition) is 2. The minimum Gasteiger partial charge on any atom is -0.389 e. The summed E-state index contributed by atoms with van der Waals surface area (Å²) in [6.45, 7) is 11.7.